The Bertz CT molecular complexity index is 760. The fourth-order valence-corrected chi connectivity index (χ4v) is 2.40. The first-order valence-electron chi connectivity index (χ1n) is 8.31. The molecular weight excluding hydrogens is 332 g/mol. The van der Waals surface area contributed by atoms with Gasteiger partial charge in [-0.15, -0.1) is 0 Å². The highest BCUT2D eigenvalue weighted by atomic mass is 16.6. The van der Waals surface area contributed by atoms with Gasteiger partial charge >= 0.3 is 5.97 Å². The van der Waals surface area contributed by atoms with Crippen LogP contribution in [-0.2, 0) is 4.79 Å². The number of rotatable bonds is 7. The molecule has 2 aromatic carbocycles. The van der Waals surface area contributed by atoms with Gasteiger partial charge in [0.25, 0.3) is 0 Å². The van der Waals surface area contributed by atoms with Gasteiger partial charge in [-0.3, -0.25) is 9.80 Å². The van der Waals surface area contributed by atoms with E-state index in [0.717, 1.165) is 17.8 Å². The predicted molar refractivity (Wildman–Crippen MR) is 103 cm³/mol. The molecule has 0 aliphatic heterocycles. The summed E-state index contributed by atoms with van der Waals surface area (Å²) in [5.74, 6) is 0.615. The van der Waals surface area contributed by atoms with Crippen LogP contribution in [0.4, 0.5) is 5.69 Å². The summed E-state index contributed by atoms with van der Waals surface area (Å²) in [6.07, 6.45) is 1.71. The van der Waals surface area contributed by atoms with E-state index < -0.39 is 5.97 Å². The van der Waals surface area contributed by atoms with Gasteiger partial charge in [-0.1, -0.05) is 17.7 Å². The first kappa shape index (κ1) is 19.3. The van der Waals surface area contributed by atoms with E-state index in [0.29, 0.717) is 11.5 Å². The number of benzene rings is 2. The van der Waals surface area contributed by atoms with Crippen molar-refractivity contribution in [1.82, 2.24) is 0 Å². The van der Waals surface area contributed by atoms with E-state index in [1.807, 2.05) is 43.1 Å². The van der Waals surface area contributed by atoms with E-state index in [9.17, 15) is 4.79 Å². The van der Waals surface area contributed by atoms with Crippen molar-refractivity contribution in [3.63, 3.8) is 0 Å². The minimum atomic E-state index is -0.445. The number of methoxy groups -OCH3 is 2. The minimum absolute atomic E-state index is 0.255. The van der Waals surface area contributed by atoms with E-state index >= 15 is 0 Å². The fraction of sp³-hybridized carbons (Fsp3) is 0.300. The summed E-state index contributed by atoms with van der Waals surface area (Å²) in [6, 6.07) is 11.6. The first-order valence-corrected chi connectivity index (χ1v) is 8.31. The Balaban J connectivity index is 2.33. The number of hydrazone groups is 1. The molecule has 6 nitrogen and oxygen atoms in total. The maximum Gasteiger partial charge on any atom is 0.308 e. The number of nitrogens with zero attached hydrogens (tertiary/aromatic N) is 2. The number of carbonyl (C=O) groups excluding carboxylic acids is 1. The minimum Gasteiger partial charge on any atom is -0.493 e. The molecule has 0 radical (unpaired) electrons. The summed E-state index contributed by atoms with van der Waals surface area (Å²) < 4.78 is 15.9. The third-order valence-electron chi connectivity index (χ3n) is 3.71. The second kappa shape index (κ2) is 8.89. The van der Waals surface area contributed by atoms with Crippen LogP contribution < -0.4 is 19.2 Å². The third-order valence-corrected chi connectivity index (χ3v) is 3.71. The number of hydrogen-bond acceptors (Lipinski definition) is 6. The molecule has 0 saturated heterocycles. The molecule has 0 saturated carbocycles. The summed E-state index contributed by atoms with van der Waals surface area (Å²) in [5.41, 5.74) is 2.97. The molecule has 0 N–H and O–H groups in total. The molecular formula is C20H24N2O4. The van der Waals surface area contributed by atoms with Gasteiger partial charge in [0, 0.05) is 19.0 Å². The van der Waals surface area contributed by atoms with Gasteiger partial charge in [-0.2, -0.15) is 5.10 Å². The number of hydrogen-bond donors (Lipinski definition) is 0. The molecule has 2 aromatic rings. The average molecular weight is 356 g/mol. The fourth-order valence-electron chi connectivity index (χ4n) is 2.40. The molecule has 0 fully saturated rings. The Hall–Kier alpha value is -3.02. The Labute approximate surface area is 154 Å². The summed E-state index contributed by atoms with van der Waals surface area (Å²) in [4.78, 5) is 11.3. The lowest BCUT2D eigenvalue weighted by Gasteiger charge is -2.17. The van der Waals surface area contributed by atoms with Gasteiger partial charge < -0.3 is 14.2 Å². The lowest BCUT2D eigenvalue weighted by Crippen LogP contribution is -2.15. The lowest BCUT2D eigenvalue weighted by atomic mass is 10.2. The van der Waals surface area contributed by atoms with E-state index in [2.05, 4.69) is 5.10 Å². The van der Waals surface area contributed by atoms with Crippen LogP contribution in [0.3, 0.4) is 0 Å². The molecule has 6 heteroatoms. The van der Waals surface area contributed by atoms with Crippen molar-refractivity contribution in [1.29, 1.82) is 0 Å². The highest BCUT2D eigenvalue weighted by Crippen LogP contribution is 2.38. The molecule has 138 valence electrons. The van der Waals surface area contributed by atoms with Crippen LogP contribution in [-0.4, -0.2) is 32.9 Å². The number of ether oxygens (including phenoxy) is 3. The highest BCUT2D eigenvalue weighted by Gasteiger charge is 2.15. The van der Waals surface area contributed by atoms with Crippen molar-refractivity contribution in [3.05, 3.63) is 47.5 Å². The van der Waals surface area contributed by atoms with Crippen molar-refractivity contribution in [2.45, 2.75) is 20.8 Å². The molecule has 0 spiro atoms. The summed E-state index contributed by atoms with van der Waals surface area (Å²) >= 11 is 0. The Morgan fingerprint density at radius 1 is 1.12 bits per heavy atom. The number of carbonyl (C=O) groups is 1. The topological polar surface area (TPSA) is 60.4 Å². The van der Waals surface area contributed by atoms with E-state index in [4.69, 9.17) is 14.2 Å². The van der Waals surface area contributed by atoms with Crippen LogP contribution in [0.1, 0.15) is 25.0 Å². The summed E-state index contributed by atoms with van der Waals surface area (Å²) in [7, 11) is 3.01. The van der Waals surface area contributed by atoms with E-state index in [1.54, 1.807) is 18.3 Å². The average Bonchev–Trinajstić information content (AvgIpc) is 2.63. The zero-order valence-electron chi connectivity index (χ0n) is 15.8. The molecule has 0 heterocycles. The van der Waals surface area contributed by atoms with Crippen molar-refractivity contribution in [3.8, 4) is 17.2 Å². The number of esters is 1. The van der Waals surface area contributed by atoms with Crippen LogP contribution in [0.2, 0.25) is 0 Å². The molecule has 0 aliphatic carbocycles. The van der Waals surface area contributed by atoms with E-state index in [1.165, 1.54) is 26.7 Å². The van der Waals surface area contributed by atoms with Crippen molar-refractivity contribution in [2.24, 2.45) is 5.10 Å². The monoisotopic (exact) mass is 356 g/mol. The molecule has 0 unspecified atom stereocenters. The molecule has 0 amide bonds. The van der Waals surface area contributed by atoms with Crippen LogP contribution in [0, 0.1) is 6.92 Å². The van der Waals surface area contributed by atoms with Gasteiger partial charge in [0.1, 0.15) is 0 Å². The molecule has 2 rings (SSSR count). The van der Waals surface area contributed by atoms with Gasteiger partial charge in [0.05, 0.1) is 26.1 Å². The SMILES string of the molecule is CCN(/N=C\c1cc(OC)c(OC(C)=O)c(OC)c1)c1ccc(C)cc1. The number of aryl methyl sites for hydroxylation is 1. The smallest absolute Gasteiger partial charge is 0.308 e. The first-order chi connectivity index (χ1) is 12.5. The molecule has 26 heavy (non-hydrogen) atoms. The van der Waals surface area contributed by atoms with Gasteiger partial charge in [0.2, 0.25) is 5.75 Å². The lowest BCUT2D eigenvalue weighted by molar-refractivity contribution is -0.132. The van der Waals surface area contributed by atoms with E-state index in [-0.39, 0.29) is 5.75 Å². The summed E-state index contributed by atoms with van der Waals surface area (Å²) in [6.45, 7) is 6.13. The third kappa shape index (κ3) is 4.75. The maximum atomic E-state index is 11.3. The van der Waals surface area contributed by atoms with Crippen LogP contribution >= 0.6 is 0 Å². The second-order valence-electron chi connectivity index (χ2n) is 5.64. The normalized spacial score (nSPS) is 10.7. The standard InChI is InChI=1S/C20H24N2O4/c1-6-22(17-9-7-14(2)8-10-17)21-13-16-11-18(24-4)20(26-15(3)23)19(12-16)25-5/h7-13H,6H2,1-5H3/b21-13-. The second-order valence-corrected chi connectivity index (χ2v) is 5.64. The predicted octanol–water partition coefficient (Wildman–Crippen LogP) is 3.80. The Morgan fingerprint density at radius 2 is 1.69 bits per heavy atom. The van der Waals surface area contributed by atoms with Crippen LogP contribution in [0.15, 0.2) is 41.5 Å². The molecule has 0 aromatic heterocycles. The van der Waals surface area contributed by atoms with Crippen molar-refractivity contribution in [2.75, 3.05) is 25.8 Å². The molecule has 0 bridgehead atoms. The van der Waals surface area contributed by atoms with Crippen molar-refractivity contribution < 1.29 is 19.0 Å². The maximum absolute atomic E-state index is 11.3. The Morgan fingerprint density at radius 3 is 2.15 bits per heavy atom. The molecule has 0 aliphatic rings. The zero-order valence-corrected chi connectivity index (χ0v) is 15.8. The number of anilines is 1. The highest BCUT2D eigenvalue weighted by molar-refractivity contribution is 5.84. The molecule has 0 atom stereocenters. The van der Waals surface area contributed by atoms with Gasteiger partial charge in [0.15, 0.2) is 11.5 Å². The van der Waals surface area contributed by atoms with Crippen LogP contribution in [0.25, 0.3) is 0 Å². The quantitative estimate of drug-likeness (QED) is 0.327. The van der Waals surface area contributed by atoms with Gasteiger partial charge in [-0.05, 0) is 38.1 Å². The zero-order chi connectivity index (χ0) is 19.1. The largest absolute Gasteiger partial charge is 0.493 e. The Kier molecular flexibility index (Phi) is 6.60. The van der Waals surface area contributed by atoms with Gasteiger partial charge in [-0.25, -0.2) is 0 Å². The van der Waals surface area contributed by atoms with Crippen molar-refractivity contribution >= 4 is 17.9 Å². The van der Waals surface area contributed by atoms with Crippen LogP contribution in [0.5, 0.6) is 17.2 Å². The summed E-state index contributed by atoms with van der Waals surface area (Å²) in [5, 5.41) is 6.43.